The molecule has 54 heavy (non-hydrogen) atoms. The molecule has 1 aromatic carbocycles. The second-order valence-electron chi connectivity index (χ2n) is 20.0. The van der Waals surface area contributed by atoms with Gasteiger partial charge in [0.2, 0.25) is 0 Å². The van der Waals surface area contributed by atoms with Gasteiger partial charge in [-0.05, 0) is 160 Å². The van der Waals surface area contributed by atoms with Gasteiger partial charge in [-0.1, -0.05) is 38.1 Å². The zero-order chi connectivity index (χ0) is 37.5. The molecule has 8 atom stereocenters. The molecule has 290 valence electrons. The van der Waals surface area contributed by atoms with Gasteiger partial charge < -0.3 is 14.9 Å². The van der Waals surface area contributed by atoms with E-state index in [4.69, 9.17) is 4.74 Å². The number of fused-ring (bicyclic) bond motifs is 1. The van der Waals surface area contributed by atoms with Gasteiger partial charge in [0.1, 0.15) is 9.96 Å². The molecule has 1 heterocycles. The minimum absolute atomic E-state index is 0.0110. The monoisotopic (exact) mass is 771 g/mol. The summed E-state index contributed by atoms with van der Waals surface area (Å²) in [6.07, 6.45) is 18.8. The van der Waals surface area contributed by atoms with Gasteiger partial charge in [-0.15, -0.1) is 11.3 Å². The van der Waals surface area contributed by atoms with E-state index in [2.05, 4.69) is 32.1 Å². The number of hydrogen-bond acceptors (Lipinski definition) is 7. The Labute approximate surface area is 325 Å². The topological polar surface area (TPSA) is 104 Å². The number of ketones is 1. The SMILES string of the molecule is COc1ccc(C(=O)C2=C[C@@]34C=C[C@@]25[C@@H]2CC[C@@](O)(CN(CC67CC8CC(CC(C8)C6)C7)S(=O)(=O)c6cccs6)[C@@]2(C)CC[C@@H]5[C@@]3(C)CCC(O)C4)cc1. The summed E-state index contributed by atoms with van der Waals surface area (Å²) < 4.78 is 37.1. The molecule has 12 rings (SSSR count). The first kappa shape index (κ1) is 36.1. The lowest BCUT2D eigenvalue weighted by Gasteiger charge is -2.71. The summed E-state index contributed by atoms with van der Waals surface area (Å²) in [5.41, 5.74) is -1.64. The lowest BCUT2D eigenvalue weighted by Crippen LogP contribution is -2.67. The number of nitrogens with zero attached hydrogens (tertiary/aromatic N) is 1. The average Bonchev–Trinajstić information content (AvgIpc) is 3.78. The third-order valence-electron chi connectivity index (χ3n) is 17.5. The maximum atomic E-state index is 15.0. The van der Waals surface area contributed by atoms with Gasteiger partial charge in [0.05, 0.1) is 18.8 Å². The first-order valence-corrected chi connectivity index (χ1v) is 23.1. The molecule has 0 amide bonds. The van der Waals surface area contributed by atoms with Crippen LogP contribution in [-0.4, -0.2) is 60.6 Å². The van der Waals surface area contributed by atoms with Gasteiger partial charge in [-0.25, -0.2) is 8.42 Å². The fourth-order valence-electron chi connectivity index (χ4n) is 15.4. The predicted octanol–water partition coefficient (Wildman–Crippen LogP) is 8.44. The second kappa shape index (κ2) is 11.9. The van der Waals surface area contributed by atoms with E-state index in [9.17, 15) is 23.4 Å². The highest BCUT2D eigenvalue weighted by Crippen LogP contribution is 2.78. The molecule has 0 saturated heterocycles. The normalized spacial score (nSPS) is 45.6. The number of Topliss-reactive ketones (excluding diaryl/α,β-unsaturated/α-hetero) is 1. The zero-order valence-corrected chi connectivity index (χ0v) is 33.8. The Hall–Kier alpha value is -2.30. The fraction of sp³-hybridized carbons (Fsp3) is 0.667. The highest BCUT2D eigenvalue weighted by atomic mass is 32.2. The third kappa shape index (κ3) is 4.80. The summed E-state index contributed by atoms with van der Waals surface area (Å²) in [5, 5.41) is 26.3. The molecular formula is C45H57NO6S2. The maximum absolute atomic E-state index is 15.0. The Morgan fingerprint density at radius 1 is 0.870 bits per heavy atom. The molecule has 1 aromatic heterocycles. The van der Waals surface area contributed by atoms with Crippen molar-refractivity contribution in [3.8, 4) is 5.75 Å². The zero-order valence-electron chi connectivity index (χ0n) is 32.1. The number of rotatable bonds is 9. The van der Waals surface area contributed by atoms with Crippen LogP contribution in [0.1, 0.15) is 108 Å². The average molecular weight is 772 g/mol. The van der Waals surface area contributed by atoms with E-state index in [1.807, 2.05) is 35.7 Å². The third-order valence-corrected chi connectivity index (χ3v) is 20.7. The number of methoxy groups -OCH3 is 1. The van der Waals surface area contributed by atoms with Crippen LogP contribution < -0.4 is 4.74 Å². The van der Waals surface area contributed by atoms with Gasteiger partial charge in [0, 0.05) is 40.5 Å². The van der Waals surface area contributed by atoms with Crippen LogP contribution in [0.5, 0.6) is 5.75 Å². The highest BCUT2D eigenvalue weighted by molar-refractivity contribution is 7.91. The van der Waals surface area contributed by atoms with E-state index in [1.54, 1.807) is 17.5 Å². The largest absolute Gasteiger partial charge is 0.497 e. The molecule has 2 spiro atoms. The van der Waals surface area contributed by atoms with Crippen molar-refractivity contribution in [1.29, 1.82) is 0 Å². The predicted molar refractivity (Wildman–Crippen MR) is 210 cm³/mol. The van der Waals surface area contributed by atoms with Gasteiger partial charge in [-0.3, -0.25) is 4.79 Å². The van der Waals surface area contributed by atoms with Crippen molar-refractivity contribution < 1.29 is 28.2 Å². The van der Waals surface area contributed by atoms with Gasteiger partial charge >= 0.3 is 0 Å². The summed E-state index contributed by atoms with van der Waals surface area (Å²) in [4.78, 5) is 15.0. The van der Waals surface area contributed by atoms with E-state index in [-0.39, 0.29) is 35.0 Å². The Kier molecular flexibility index (Phi) is 7.93. The van der Waals surface area contributed by atoms with E-state index >= 15 is 0 Å². The van der Waals surface area contributed by atoms with Crippen molar-refractivity contribution in [3.05, 3.63) is 71.1 Å². The van der Waals surface area contributed by atoms with Gasteiger partial charge in [0.15, 0.2) is 5.78 Å². The molecule has 2 N–H and O–H groups in total. The van der Waals surface area contributed by atoms with Crippen LogP contribution in [0.2, 0.25) is 0 Å². The first-order valence-electron chi connectivity index (χ1n) is 20.7. The van der Waals surface area contributed by atoms with Crippen molar-refractivity contribution >= 4 is 27.1 Å². The van der Waals surface area contributed by atoms with E-state index in [0.717, 1.165) is 56.9 Å². The molecule has 9 heteroatoms. The molecule has 6 bridgehead atoms. The van der Waals surface area contributed by atoms with E-state index in [0.29, 0.717) is 52.7 Å². The molecule has 0 aliphatic heterocycles. The number of ether oxygens (including phenoxy) is 1. The Balaban J connectivity index is 1.05. The molecule has 2 aromatic rings. The highest BCUT2D eigenvalue weighted by Gasteiger charge is 2.75. The van der Waals surface area contributed by atoms with Crippen molar-refractivity contribution in [2.45, 2.75) is 113 Å². The summed E-state index contributed by atoms with van der Waals surface area (Å²) in [6.45, 7) is 5.20. The van der Waals surface area contributed by atoms with Gasteiger partial charge in [-0.2, -0.15) is 4.31 Å². The number of allylic oxidation sites excluding steroid dienone is 4. The quantitative estimate of drug-likeness (QED) is 0.196. The van der Waals surface area contributed by atoms with Crippen molar-refractivity contribution in [2.24, 2.45) is 56.7 Å². The maximum Gasteiger partial charge on any atom is 0.252 e. The Bertz CT molecular complexity index is 1990. The summed E-state index contributed by atoms with van der Waals surface area (Å²) in [6, 6.07) is 11.0. The number of hydrogen-bond donors (Lipinski definition) is 2. The van der Waals surface area contributed by atoms with Crippen molar-refractivity contribution in [1.82, 2.24) is 4.31 Å². The Morgan fingerprint density at radius 3 is 2.17 bits per heavy atom. The van der Waals surface area contributed by atoms with Crippen LogP contribution >= 0.6 is 11.3 Å². The van der Waals surface area contributed by atoms with E-state index in [1.165, 1.54) is 30.6 Å². The summed E-state index contributed by atoms with van der Waals surface area (Å²) >= 11 is 1.27. The van der Waals surface area contributed by atoms with Crippen LogP contribution in [0.4, 0.5) is 0 Å². The summed E-state index contributed by atoms with van der Waals surface area (Å²) in [5.74, 6) is 2.91. The lowest BCUT2D eigenvalue weighted by atomic mass is 9.32. The van der Waals surface area contributed by atoms with Crippen LogP contribution in [0.3, 0.4) is 0 Å². The van der Waals surface area contributed by atoms with Crippen LogP contribution in [0, 0.1) is 56.7 Å². The van der Waals surface area contributed by atoms with Crippen LogP contribution in [0.25, 0.3) is 0 Å². The number of carbonyl (C=O) groups excluding carboxylic acids is 1. The molecule has 10 aliphatic carbocycles. The number of carbonyl (C=O) groups is 1. The smallest absolute Gasteiger partial charge is 0.252 e. The van der Waals surface area contributed by atoms with Crippen molar-refractivity contribution in [2.75, 3.05) is 20.2 Å². The number of aliphatic hydroxyl groups excluding tert-OH is 1. The molecule has 7 saturated carbocycles. The number of aliphatic hydroxyl groups is 2. The number of thiophene rings is 1. The first-order chi connectivity index (χ1) is 25.7. The minimum atomic E-state index is -3.85. The Morgan fingerprint density at radius 2 is 1.52 bits per heavy atom. The van der Waals surface area contributed by atoms with E-state index < -0.39 is 38.0 Å². The fourth-order valence-corrected chi connectivity index (χ4v) is 18.2. The lowest BCUT2D eigenvalue weighted by molar-refractivity contribution is -0.175. The molecule has 10 aliphatic rings. The molecule has 7 fully saturated rings. The molecule has 1 unspecified atom stereocenters. The second-order valence-corrected chi connectivity index (χ2v) is 23.1. The summed E-state index contributed by atoms with van der Waals surface area (Å²) in [7, 11) is -2.22. The molecule has 7 nitrogen and oxygen atoms in total. The molecular weight excluding hydrogens is 715 g/mol. The molecule has 0 radical (unpaired) electrons. The van der Waals surface area contributed by atoms with Crippen LogP contribution in [0.15, 0.2) is 69.8 Å². The van der Waals surface area contributed by atoms with Gasteiger partial charge in [0.25, 0.3) is 10.0 Å². The standard InChI is InChI=1S/C45H57NO6S2/c1-40-13-10-33(47)25-43(40)16-17-45(35(26-43)39(48)32-6-8-34(52-3)9-7-32)36(40)11-14-41(2)37(45)12-15-44(41,49)28-46(54(50,51)38-5-4-18-53-38)27-42-22-29-19-30(23-42)21-31(20-29)24-42/h4-9,16-18,26,29-31,33,36-37,47,49H,10-15,19-25,27-28H2,1-3H3/t29?,30?,31?,33?,36-,37-,40-,41+,42?,43+,44-,45-/m1/s1. The number of benzene rings is 1. The minimum Gasteiger partial charge on any atom is -0.497 e. The van der Waals surface area contributed by atoms with Crippen molar-refractivity contribution in [3.63, 3.8) is 0 Å². The number of sulfonamides is 1. The van der Waals surface area contributed by atoms with Crippen LogP contribution in [-0.2, 0) is 10.0 Å².